The summed E-state index contributed by atoms with van der Waals surface area (Å²) in [6, 6.07) is 9.34. The number of hydrogen-bond donors (Lipinski definition) is 2. The van der Waals surface area contributed by atoms with Gasteiger partial charge in [-0.25, -0.2) is 0 Å². The second kappa shape index (κ2) is 4.77. The first-order valence-corrected chi connectivity index (χ1v) is 6.36. The van der Waals surface area contributed by atoms with E-state index in [4.69, 9.17) is 0 Å². The van der Waals surface area contributed by atoms with Gasteiger partial charge in [-0.15, -0.1) is 0 Å². The zero-order valence-corrected chi connectivity index (χ0v) is 10.9. The summed E-state index contributed by atoms with van der Waals surface area (Å²) in [6.07, 6.45) is 2.17. The highest BCUT2D eigenvalue weighted by Gasteiger charge is 2.10. The van der Waals surface area contributed by atoms with Gasteiger partial charge in [0.15, 0.2) is 0 Å². The van der Waals surface area contributed by atoms with Crippen LogP contribution in [-0.2, 0) is 6.42 Å². The van der Waals surface area contributed by atoms with Gasteiger partial charge in [0.25, 0.3) is 5.56 Å². The minimum Gasteiger partial charge on any atom is -0.493 e. The lowest BCUT2D eigenvalue weighted by molar-refractivity contribution is 0.444. The van der Waals surface area contributed by atoms with Gasteiger partial charge in [-0.1, -0.05) is 13.0 Å². The molecular formula is C15H13N3O2. The first-order valence-electron chi connectivity index (χ1n) is 6.36. The van der Waals surface area contributed by atoms with Crippen LogP contribution in [0.1, 0.15) is 12.5 Å². The van der Waals surface area contributed by atoms with Crippen LogP contribution < -0.4 is 5.56 Å². The Morgan fingerprint density at radius 2 is 2.15 bits per heavy atom. The van der Waals surface area contributed by atoms with Crippen molar-refractivity contribution in [2.75, 3.05) is 0 Å². The summed E-state index contributed by atoms with van der Waals surface area (Å²) in [5.74, 6) is 0.146. The van der Waals surface area contributed by atoms with Crippen LogP contribution in [0.2, 0.25) is 0 Å². The lowest BCUT2D eigenvalue weighted by Crippen LogP contribution is -2.14. The molecule has 0 atom stereocenters. The Bertz CT molecular complexity index is 840. The monoisotopic (exact) mass is 267 g/mol. The molecule has 0 bridgehead atoms. The van der Waals surface area contributed by atoms with Crippen molar-refractivity contribution in [3.63, 3.8) is 0 Å². The predicted octanol–water partition coefficient (Wildman–Crippen LogP) is 2.25. The maximum atomic E-state index is 11.9. The van der Waals surface area contributed by atoms with Crippen molar-refractivity contribution in [3.05, 3.63) is 52.4 Å². The summed E-state index contributed by atoms with van der Waals surface area (Å²) in [5, 5.41) is 10.8. The van der Waals surface area contributed by atoms with E-state index in [1.807, 2.05) is 30.3 Å². The number of aromatic nitrogens is 3. The van der Waals surface area contributed by atoms with Crippen LogP contribution in [0.25, 0.3) is 22.3 Å². The number of aromatic hydroxyl groups is 1. The maximum Gasteiger partial charge on any atom is 0.258 e. The van der Waals surface area contributed by atoms with E-state index < -0.39 is 0 Å². The molecule has 3 aromatic rings. The molecule has 100 valence electrons. The molecule has 0 aliphatic heterocycles. The third kappa shape index (κ3) is 2.03. The molecule has 0 spiro atoms. The third-order valence-corrected chi connectivity index (χ3v) is 3.22. The Kier molecular flexibility index (Phi) is 2.95. The van der Waals surface area contributed by atoms with E-state index in [2.05, 4.69) is 15.0 Å². The molecule has 0 radical (unpaired) electrons. The van der Waals surface area contributed by atoms with Crippen LogP contribution >= 0.6 is 0 Å². The minimum atomic E-state index is -0.304. The van der Waals surface area contributed by atoms with Gasteiger partial charge < -0.3 is 10.1 Å². The molecule has 2 aromatic heterocycles. The molecule has 1 aromatic carbocycles. The number of rotatable bonds is 2. The number of nitrogens with zero attached hydrogens (tertiary/aromatic N) is 2. The van der Waals surface area contributed by atoms with Gasteiger partial charge in [-0.3, -0.25) is 9.78 Å². The molecular weight excluding hydrogens is 254 g/mol. The van der Waals surface area contributed by atoms with Gasteiger partial charge in [0.2, 0.25) is 5.88 Å². The van der Waals surface area contributed by atoms with Crippen molar-refractivity contribution in [1.29, 1.82) is 0 Å². The van der Waals surface area contributed by atoms with Crippen LogP contribution in [0.15, 0.2) is 41.3 Å². The Morgan fingerprint density at radius 3 is 2.90 bits per heavy atom. The number of nitrogens with one attached hydrogen (secondary N) is 1. The Balaban J connectivity index is 2.18. The van der Waals surface area contributed by atoms with Crippen LogP contribution in [0.3, 0.4) is 0 Å². The van der Waals surface area contributed by atoms with Gasteiger partial charge in [0.1, 0.15) is 5.82 Å². The molecule has 3 rings (SSSR count). The highest BCUT2D eigenvalue weighted by atomic mass is 16.3. The lowest BCUT2D eigenvalue weighted by atomic mass is 10.1. The van der Waals surface area contributed by atoms with Crippen LogP contribution in [-0.4, -0.2) is 20.1 Å². The fourth-order valence-corrected chi connectivity index (χ4v) is 2.16. The minimum absolute atomic E-state index is 0.211. The van der Waals surface area contributed by atoms with E-state index in [-0.39, 0.29) is 11.4 Å². The fraction of sp³-hybridized carbons (Fsp3) is 0.133. The van der Waals surface area contributed by atoms with Crippen molar-refractivity contribution in [1.82, 2.24) is 15.0 Å². The van der Waals surface area contributed by atoms with Crippen molar-refractivity contribution >= 4 is 10.9 Å². The summed E-state index contributed by atoms with van der Waals surface area (Å²) in [7, 11) is 0. The third-order valence-electron chi connectivity index (χ3n) is 3.22. The molecule has 0 saturated heterocycles. The van der Waals surface area contributed by atoms with Crippen molar-refractivity contribution in [2.45, 2.75) is 13.3 Å². The zero-order valence-electron chi connectivity index (χ0n) is 10.9. The van der Waals surface area contributed by atoms with Gasteiger partial charge in [0.05, 0.1) is 11.1 Å². The normalized spacial score (nSPS) is 10.8. The van der Waals surface area contributed by atoms with E-state index in [9.17, 15) is 9.90 Å². The first-order chi connectivity index (χ1) is 9.69. The highest BCUT2D eigenvalue weighted by Crippen LogP contribution is 2.22. The summed E-state index contributed by atoms with van der Waals surface area (Å²) < 4.78 is 0. The Labute approximate surface area is 115 Å². The fourth-order valence-electron chi connectivity index (χ4n) is 2.16. The predicted molar refractivity (Wildman–Crippen MR) is 76.6 cm³/mol. The average Bonchev–Trinajstić information content (AvgIpc) is 2.46. The zero-order chi connectivity index (χ0) is 14.1. The maximum absolute atomic E-state index is 11.9. The Hall–Kier alpha value is -2.69. The van der Waals surface area contributed by atoms with Gasteiger partial charge >= 0.3 is 0 Å². The number of benzene rings is 1. The molecule has 0 unspecified atom stereocenters. The summed E-state index contributed by atoms with van der Waals surface area (Å²) in [6.45, 7) is 1.80. The molecule has 0 amide bonds. The lowest BCUT2D eigenvalue weighted by Gasteiger charge is -2.05. The Morgan fingerprint density at radius 1 is 1.30 bits per heavy atom. The van der Waals surface area contributed by atoms with Crippen molar-refractivity contribution in [3.8, 4) is 17.3 Å². The molecule has 0 saturated carbocycles. The first kappa shape index (κ1) is 12.3. The van der Waals surface area contributed by atoms with E-state index >= 15 is 0 Å². The molecule has 0 aliphatic rings. The van der Waals surface area contributed by atoms with Crippen LogP contribution in [0, 0.1) is 0 Å². The van der Waals surface area contributed by atoms with Crippen molar-refractivity contribution < 1.29 is 5.11 Å². The van der Waals surface area contributed by atoms with Crippen LogP contribution in [0.4, 0.5) is 0 Å². The summed E-state index contributed by atoms with van der Waals surface area (Å²) >= 11 is 0. The average molecular weight is 267 g/mol. The second-order valence-electron chi connectivity index (χ2n) is 4.48. The molecule has 2 heterocycles. The van der Waals surface area contributed by atoms with Crippen molar-refractivity contribution in [2.24, 2.45) is 0 Å². The molecule has 5 nitrogen and oxygen atoms in total. The smallest absolute Gasteiger partial charge is 0.258 e. The van der Waals surface area contributed by atoms with Crippen LogP contribution in [0.5, 0.6) is 5.88 Å². The molecule has 0 aliphatic carbocycles. The second-order valence-corrected chi connectivity index (χ2v) is 4.48. The van der Waals surface area contributed by atoms with E-state index in [0.29, 0.717) is 17.8 Å². The standard InChI is InChI=1S/C15H13N3O2/c1-2-11-14(19)17-13(18-15(11)20)10-5-6-12-9(8-10)4-3-7-16-12/h3-8H,2H2,1H3,(H2,17,18,19,20). The van der Waals surface area contributed by atoms with E-state index in [0.717, 1.165) is 16.5 Å². The largest absolute Gasteiger partial charge is 0.493 e. The molecule has 20 heavy (non-hydrogen) atoms. The van der Waals surface area contributed by atoms with E-state index in [1.165, 1.54) is 0 Å². The number of H-pyrrole nitrogens is 1. The number of pyridine rings is 1. The number of aromatic amines is 1. The topological polar surface area (TPSA) is 78.9 Å². The summed E-state index contributed by atoms with van der Waals surface area (Å²) in [5.41, 5.74) is 1.60. The number of hydrogen-bond acceptors (Lipinski definition) is 4. The van der Waals surface area contributed by atoms with Gasteiger partial charge in [0, 0.05) is 17.1 Å². The SMILES string of the molecule is CCc1c(O)nc(-c2ccc3ncccc3c2)[nH]c1=O. The van der Waals surface area contributed by atoms with Gasteiger partial charge in [-0.05, 0) is 30.7 Å². The molecule has 5 heteroatoms. The highest BCUT2D eigenvalue weighted by molar-refractivity contribution is 5.83. The van der Waals surface area contributed by atoms with E-state index in [1.54, 1.807) is 13.1 Å². The molecule has 2 N–H and O–H groups in total. The van der Waals surface area contributed by atoms with Gasteiger partial charge in [-0.2, -0.15) is 4.98 Å². The summed E-state index contributed by atoms with van der Waals surface area (Å²) in [4.78, 5) is 22.9. The number of fused-ring (bicyclic) bond motifs is 1. The quantitative estimate of drug-likeness (QED) is 0.746. The molecule has 0 fully saturated rings.